The second-order valence-corrected chi connectivity index (χ2v) is 6.65. The van der Waals surface area contributed by atoms with E-state index in [2.05, 4.69) is 35.9 Å². The van der Waals surface area contributed by atoms with E-state index in [1.165, 1.54) is 4.91 Å². The normalized spacial score (nSPS) is 41.2. The lowest BCUT2D eigenvalue weighted by atomic mass is 10.1. The Morgan fingerprint density at radius 3 is 2.62 bits per heavy atom. The molecule has 1 saturated heterocycles. The average molecular weight is 265 g/mol. The summed E-state index contributed by atoms with van der Waals surface area (Å²) in [5, 5.41) is 0.537. The van der Waals surface area contributed by atoms with Crippen LogP contribution in [-0.4, -0.2) is 29.1 Å². The SMILES string of the molecule is CC1SC(C2OCCO2)=CC1(C)Br. The molecule has 0 aliphatic carbocycles. The Labute approximate surface area is 91.2 Å². The van der Waals surface area contributed by atoms with Gasteiger partial charge in [-0.3, -0.25) is 0 Å². The third-order valence-electron chi connectivity index (χ3n) is 2.39. The predicted octanol–water partition coefficient (Wildman–Crippen LogP) is 2.53. The van der Waals surface area contributed by atoms with Gasteiger partial charge in [-0.25, -0.2) is 0 Å². The van der Waals surface area contributed by atoms with Crippen LogP contribution in [-0.2, 0) is 9.47 Å². The second kappa shape index (κ2) is 3.57. The summed E-state index contributed by atoms with van der Waals surface area (Å²) in [6.07, 6.45) is 2.10. The number of rotatable bonds is 1. The number of hydrogen-bond acceptors (Lipinski definition) is 3. The number of halogens is 1. The monoisotopic (exact) mass is 264 g/mol. The first kappa shape index (κ1) is 10.0. The summed E-state index contributed by atoms with van der Waals surface area (Å²) in [6.45, 7) is 5.82. The van der Waals surface area contributed by atoms with Crippen LogP contribution >= 0.6 is 27.7 Å². The van der Waals surface area contributed by atoms with Crippen molar-refractivity contribution in [2.75, 3.05) is 13.2 Å². The minimum atomic E-state index is -0.105. The Morgan fingerprint density at radius 1 is 1.54 bits per heavy atom. The van der Waals surface area contributed by atoms with Crippen LogP contribution in [0, 0.1) is 0 Å². The Hall–Kier alpha value is 0.490. The van der Waals surface area contributed by atoms with Gasteiger partial charge in [-0.2, -0.15) is 0 Å². The van der Waals surface area contributed by atoms with E-state index >= 15 is 0 Å². The quantitative estimate of drug-likeness (QED) is 0.679. The van der Waals surface area contributed by atoms with Crippen LogP contribution in [0.4, 0.5) is 0 Å². The highest BCUT2D eigenvalue weighted by molar-refractivity contribution is 9.10. The van der Waals surface area contributed by atoms with Crippen LogP contribution < -0.4 is 0 Å². The first-order valence-corrected chi connectivity index (χ1v) is 6.08. The molecule has 2 rings (SSSR count). The van der Waals surface area contributed by atoms with Crippen molar-refractivity contribution in [3.8, 4) is 0 Å². The lowest BCUT2D eigenvalue weighted by Crippen LogP contribution is -2.20. The molecule has 2 heterocycles. The van der Waals surface area contributed by atoms with Gasteiger partial charge >= 0.3 is 0 Å². The summed E-state index contributed by atoms with van der Waals surface area (Å²) in [5.41, 5.74) is 0. The predicted molar refractivity (Wildman–Crippen MR) is 58.2 cm³/mol. The Bertz CT molecular complexity index is 234. The van der Waals surface area contributed by atoms with Gasteiger partial charge < -0.3 is 9.47 Å². The molecule has 2 aliphatic rings. The van der Waals surface area contributed by atoms with E-state index in [4.69, 9.17) is 9.47 Å². The van der Waals surface area contributed by atoms with Gasteiger partial charge in [0.05, 0.1) is 17.5 Å². The van der Waals surface area contributed by atoms with Gasteiger partial charge in [0.2, 0.25) is 0 Å². The van der Waals surface area contributed by atoms with E-state index in [1.807, 2.05) is 11.8 Å². The maximum atomic E-state index is 5.45. The van der Waals surface area contributed by atoms with Crippen molar-refractivity contribution in [1.29, 1.82) is 0 Å². The van der Waals surface area contributed by atoms with Crippen molar-refractivity contribution in [2.45, 2.75) is 29.7 Å². The topological polar surface area (TPSA) is 18.5 Å². The van der Waals surface area contributed by atoms with Gasteiger partial charge in [-0.05, 0) is 6.92 Å². The zero-order valence-electron chi connectivity index (χ0n) is 7.75. The van der Waals surface area contributed by atoms with Crippen molar-refractivity contribution >= 4 is 27.7 Å². The third kappa shape index (κ3) is 1.96. The van der Waals surface area contributed by atoms with E-state index in [9.17, 15) is 0 Å². The molecular formula is C9H13BrO2S. The van der Waals surface area contributed by atoms with Crippen molar-refractivity contribution in [3.05, 3.63) is 11.0 Å². The fourth-order valence-electron chi connectivity index (χ4n) is 1.40. The Morgan fingerprint density at radius 2 is 2.15 bits per heavy atom. The van der Waals surface area contributed by atoms with Gasteiger partial charge in [0.25, 0.3) is 0 Å². The van der Waals surface area contributed by atoms with Crippen LogP contribution in [0.5, 0.6) is 0 Å². The molecule has 2 atom stereocenters. The van der Waals surface area contributed by atoms with Gasteiger partial charge in [-0.15, -0.1) is 11.8 Å². The zero-order chi connectivity index (χ0) is 9.47. The van der Waals surface area contributed by atoms with Crippen LogP contribution in [0.3, 0.4) is 0 Å². The number of allylic oxidation sites excluding steroid dienone is 1. The van der Waals surface area contributed by atoms with Gasteiger partial charge in [-0.1, -0.05) is 28.9 Å². The highest BCUT2D eigenvalue weighted by Crippen LogP contribution is 2.46. The van der Waals surface area contributed by atoms with Crippen LogP contribution in [0.1, 0.15) is 13.8 Å². The molecule has 0 N–H and O–H groups in total. The summed E-state index contributed by atoms with van der Waals surface area (Å²) < 4.78 is 11.0. The standard InChI is InChI=1S/C9H13BrO2S/c1-6-9(2,10)5-7(13-6)8-11-3-4-12-8/h5-6,8H,3-4H2,1-2H3. The molecule has 2 unspecified atom stereocenters. The smallest absolute Gasteiger partial charge is 0.189 e. The van der Waals surface area contributed by atoms with E-state index in [0.717, 1.165) is 13.2 Å². The molecule has 0 amide bonds. The molecule has 0 aromatic heterocycles. The fourth-order valence-corrected chi connectivity index (χ4v) is 3.34. The maximum Gasteiger partial charge on any atom is 0.189 e. The summed E-state index contributed by atoms with van der Waals surface area (Å²) in [5.74, 6) is 0. The van der Waals surface area contributed by atoms with Crippen molar-refractivity contribution in [1.82, 2.24) is 0 Å². The zero-order valence-corrected chi connectivity index (χ0v) is 10.2. The van der Waals surface area contributed by atoms with Crippen molar-refractivity contribution < 1.29 is 9.47 Å². The molecule has 0 spiro atoms. The lowest BCUT2D eigenvalue weighted by Gasteiger charge is -2.18. The first-order chi connectivity index (χ1) is 6.09. The molecule has 2 aliphatic heterocycles. The number of thioether (sulfide) groups is 1. The van der Waals surface area contributed by atoms with Crippen LogP contribution in [0.25, 0.3) is 0 Å². The van der Waals surface area contributed by atoms with Crippen LogP contribution in [0.2, 0.25) is 0 Å². The number of alkyl halides is 1. The highest BCUT2D eigenvalue weighted by atomic mass is 79.9. The summed E-state index contributed by atoms with van der Waals surface area (Å²) in [7, 11) is 0. The molecule has 1 fully saturated rings. The second-order valence-electron chi connectivity index (χ2n) is 3.53. The number of hydrogen-bond donors (Lipinski definition) is 0. The molecule has 0 aromatic carbocycles. The van der Waals surface area contributed by atoms with Crippen molar-refractivity contribution in [3.63, 3.8) is 0 Å². The van der Waals surface area contributed by atoms with Gasteiger partial charge in [0, 0.05) is 10.2 Å². The fraction of sp³-hybridized carbons (Fsp3) is 0.778. The average Bonchev–Trinajstić information content (AvgIpc) is 2.60. The molecule has 74 valence electrons. The van der Waals surface area contributed by atoms with Crippen molar-refractivity contribution in [2.24, 2.45) is 0 Å². The minimum Gasteiger partial charge on any atom is -0.346 e. The maximum absolute atomic E-state index is 5.45. The molecular weight excluding hydrogens is 252 g/mol. The molecule has 0 bridgehead atoms. The van der Waals surface area contributed by atoms with E-state index in [1.54, 1.807) is 0 Å². The van der Waals surface area contributed by atoms with Gasteiger partial charge in [0.1, 0.15) is 0 Å². The largest absolute Gasteiger partial charge is 0.346 e. The molecule has 0 saturated carbocycles. The summed E-state index contributed by atoms with van der Waals surface area (Å²) in [6, 6.07) is 0. The molecule has 0 aromatic rings. The van der Waals surface area contributed by atoms with E-state index in [-0.39, 0.29) is 10.6 Å². The molecule has 2 nitrogen and oxygen atoms in total. The van der Waals surface area contributed by atoms with Gasteiger partial charge in [0.15, 0.2) is 6.29 Å². The molecule has 13 heavy (non-hydrogen) atoms. The minimum absolute atomic E-state index is 0.0856. The first-order valence-electron chi connectivity index (χ1n) is 4.41. The summed E-state index contributed by atoms with van der Waals surface area (Å²) in [4.78, 5) is 1.21. The lowest BCUT2D eigenvalue weighted by molar-refractivity contribution is -0.00456. The Kier molecular flexibility index (Phi) is 2.75. The summed E-state index contributed by atoms with van der Waals surface area (Å²) >= 11 is 5.52. The number of ether oxygens (including phenoxy) is 2. The van der Waals surface area contributed by atoms with E-state index < -0.39 is 0 Å². The molecule has 0 radical (unpaired) electrons. The van der Waals surface area contributed by atoms with Crippen LogP contribution in [0.15, 0.2) is 11.0 Å². The highest BCUT2D eigenvalue weighted by Gasteiger charge is 2.37. The van der Waals surface area contributed by atoms with E-state index in [0.29, 0.717) is 5.25 Å². The Balaban J connectivity index is 2.09. The third-order valence-corrected chi connectivity index (χ3v) is 5.03. The molecule has 4 heteroatoms.